The van der Waals surface area contributed by atoms with Crippen LogP contribution in [0.25, 0.3) is 0 Å². The summed E-state index contributed by atoms with van der Waals surface area (Å²) in [5, 5.41) is 0. The maximum atomic E-state index is 6.22. The SMILES string of the molecule is CC(C)C(C)(N)CCCc1ccccc1. The summed E-state index contributed by atoms with van der Waals surface area (Å²) in [5.41, 5.74) is 7.62. The van der Waals surface area contributed by atoms with E-state index < -0.39 is 0 Å². The standard InChI is InChI=1S/C14H23N/c1-12(2)14(3,15)11-7-10-13-8-5-4-6-9-13/h4-6,8-9,12H,7,10-11,15H2,1-3H3. The van der Waals surface area contributed by atoms with Crippen LogP contribution in [0, 0.1) is 5.92 Å². The summed E-state index contributed by atoms with van der Waals surface area (Å²) < 4.78 is 0. The van der Waals surface area contributed by atoms with Gasteiger partial charge in [0.1, 0.15) is 0 Å². The predicted molar refractivity (Wildman–Crippen MR) is 66.8 cm³/mol. The second-order valence-electron chi connectivity index (χ2n) is 5.00. The first-order valence-corrected chi connectivity index (χ1v) is 5.85. The summed E-state index contributed by atoms with van der Waals surface area (Å²) in [6.45, 7) is 6.55. The van der Waals surface area contributed by atoms with Gasteiger partial charge in [-0.2, -0.15) is 0 Å². The van der Waals surface area contributed by atoms with Crippen molar-refractivity contribution in [1.29, 1.82) is 0 Å². The molecular weight excluding hydrogens is 182 g/mol. The molecule has 1 rings (SSSR count). The van der Waals surface area contributed by atoms with Crippen LogP contribution in [-0.2, 0) is 6.42 Å². The van der Waals surface area contributed by atoms with Crippen LogP contribution in [-0.4, -0.2) is 5.54 Å². The number of benzene rings is 1. The Kier molecular flexibility index (Phi) is 4.34. The zero-order valence-electron chi connectivity index (χ0n) is 10.2. The van der Waals surface area contributed by atoms with E-state index in [0.717, 1.165) is 12.8 Å². The van der Waals surface area contributed by atoms with Gasteiger partial charge in [-0.05, 0) is 37.7 Å². The Morgan fingerprint density at radius 3 is 2.33 bits per heavy atom. The zero-order valence-corrected chi connectivity index (χ0v) is 10.2. The molecule has 0 aromatic heterocycles. The molecule has 0 radical (unpaired) electrons. The highest BCUT2D eigenvalue weighted by Gasteiger charge is 2.21. The average molecular weight is 205 g/mol. The lowest BCUT2D eigenvalue weighted by Crippen LogP contribution is -2.41. The van der Waals surface area contributed by atoms with Gasteiger partial charge >= 0.3 is 0 Å². The van der Waals surface area contributed by atoms with E-state index in [1.165, 1.54) is 12.0 Å². The summed E-state index contributed by atoms with van der Waals surface area (Å²) >= 11 is 0. The van der Waals surface area contributed by atoms with Crippen molar-refractivity contribution < 1.29 is 0 Å². The van der Waals surface area contributed by atoms with Gasteiger partial charge in [-0.25, -0.2) is 0 Å². The molecule has 0 aliphatic rings. The highest BCUT2D eigenvalue weighted by molar-refractivity contribution is 5.14. The first-order valence-electron chi connectivity index (χ1n) is 5.85. The topological polar surface area (TPSA) is 26.0 Å². The van der Waals surface area contributed by atoms with Gasteiger partial charge in [0.05, 0.1) is 0 Å². The number of aryl methyl sites for hydroxylation is 1. The quantitative estimate of drug-likeness (QED) is 0.783. The monoisotopic (exact) mass is 205 g/mol. The number of hydrogen-bond donors (Lipinski definition) is 1. The lowest BCUT2D eigenvalue weighted by Gasteiger charge is -2.29. The third-order valence-corrected chi connectivity index (χ3v) is 3.34. The maximum Gasteiger partial charge on any atom is 0.0149 e. The summed E-state index contributed by atoms with van der Waals surface area (Å²) in [4.78, 5) is 0. The van der Waals surface area contributed by atoms with Crippen LogP contribution in [0.15, 0.2) is 30.3 Å². The van der Waals surface area contributed by atoms with Crippen LogP contribution in [0.2, 0.25) is 0 Å². The highest BCUT2D eigenvalue weighted by Crippen LogP contribution is 2.20. The van der Waals surface area contributed by atoms with E-state index in [4.69, 9.17) is 5.73 Å². The van der Waals surface area contributed by atoms with E-state index in [0.29, 0.717) is 5.92 Å². The number of rotatable bonds is 5. The van der Waals surface area contributed by atoms with Gasteiger partial charge in [0.2, 0.25) is 0 Å². The fourth-order valence-corrected chi connectivity index (χ4v) is 1.61. The molecule has 1 nitrogen and oxygen atoms in total. The number of nitrogens with two attached hydrogens (primary N) is 1. The molecule has 0 bridgehead atoms. The Morgan fingerprint density at radius 2 is 1.80 bits per heavy atom. The first-order chi connectivity index (χ1) is 7.02. The zero-order chi connectivity index (χ0) is 11.3. The Morgan fingerprint density at radius 1 is 1.20 bits per heavy atom. The molecule has 0 saturated heterocycles. The van der Waals surface area contributed by atoms with Crippen LogP contribution < -0.4 is 5.73 Å². The first kappa shape index (κ1) is 12.3. The van der Waals surface area contributed by atoms with Crippen molar-refractivity contribution in [2.24, 2.45) is 11.7 Å². The van der Waals surface area contributed by atoms with Crippen LogP contribution >= 0.6 is 0 Å². The van der Waals surface area contributed by atoms with Gasteiger partial charge in [0.15, 0.2) is 0 Å². The molecule has 15 heavy (non-hydrogen) atoms. The third-order valence-electron chi connectivity index (χ3n) is 3.34. The summed E-state index contributed by atoms with van der Waals surface area (Å²) in [6, 6.07) is 10.6. The van der Waals surface area contributed by atoms with Crippen molar-refractivity contribution in [2.75, 3.05) is 0 Å². The molecule has 0 fully saturated rings. The van der Waals surface area contributed by atoms with E-state index in [9.17, 15) is 0 Å². The molecule has 1 aromatic rings. The van der Waals surface area contributed by atoms with Crippen molar-refractivity contribution in [1.82, 2.24) is 0 Å². The lowest BCUT2D eigenvalue weighted by molar-refractivity contribution is 0.310. The van der Waals surface area contributed by atoms with Crippen molar-refractivity contribution in [3.8, 4) is 0 Å². The van der Waals surface area contributed by atoms with Crippen molar-refractivity contribution in [3.05, 3.63) is 35.9 Å². The largest absolute Gasteiger partial charge is 0.325 e. The fraction of sp³-hybridized carbons (Fsp3) is 0.571. The van der Waals surface area contributed by atoms with Crippen molar-refractivity contribution in [3.63, 3.8) is 0 Å². The Bertz CT molecular complexity index is 275. The van der Waals surface area contributed by atoms with Crippen LogP contribution in [0.4, 0.5) is 0 Å². The Balaban J connectivity index is 2.34. The summed E-state index contributed by atoms with van der Waals surface area (Å²) in [6.07, 6.45) is 3.41. The molecule has 0 aliphatic heterocycles. The Hall–Kier alpha value is -0.820. The minimum absolute atomic E-state index is 0.0191. The van der Waals surface area contributed by atoms with Gasteiger partial charge in [0, 0.05) is 5.54 Å². The summed E-state index contributed by atoms with van der Waals surface area (Å²) in [5.74, 6) is 0.549. The molecular formula is C14H23N. The van der Waals surface area contributed by atoms with E-state index in [1.807, 2.05) is 0 Å². The van der Waals surface area contributed by atoms with E-state index >= 15 is 0 Å². The fourth-order valence-electron chi connectivity index (χ4n) is 1.61. The molecule has 0 heterocycles. The van der Waals surface area contributed by atoms with Crippen LogP contribution in [0.5, 0.6) is 0 Å². The number of hydrogen-bond acceptors (Lipinski definition) is 1. The molecule has 84 valence electrons. The van der Waals surface area contributed by atoms with E-state index in [1.54, 1.807) is 0 Å². The minimum atomic E-state index is -0.0191. The molecule has 1 heteroatoms. The second kappa shape index (κ2) is 5.32. The normalized spacial score (nSPS) is 15.3. The maximum absolute atomic E-state index is 6.22. The van der Waals surface area contributed by atoms with Crippen LogP contribution in [0.3, 0.4) is 0 Å². The molecule has 1 unspecified atom stereocenters. The van der Waals surface area contributed by atoms with Crippen molar-refractivity contribution >= 4 is 0 Å². The van der Waals surface area contributed by atoms with E-state index in [-0.39, 0.29) is 5.54 Å². The molecule has 0 spiro atoms. The van der Waals surface area contributed by atoms with Gasteiger partial charge in [-0.15, -0.1) is 0 Å². The van der Waals surface area contributed by atoms with Gasteiger partial charge in [-0.1, -0.05) is 44.2 Å². The highest BCUT2D eigenvalue weighted by atomic mass is 14.7. The lowest BCUT2D eigenvalue weighted by atomic mass is 9.84. The third kappa shape index (κ3) is 4.05. The van der Waals surface area contributed by atoms with Crippen molar-refractivity contribution in [2.45, 2.75) is 45.6 Å². The van der Waals surface area contributed by atoms with Gasteiger partial charge in [0.25, 0.3) is 0 Å². The Labute approximate surface area is 93.7 Å². The molecule has 0 saturated carbocycles. The second-order valence-corrected chi connectivity index (χ2v) is 5.00. The smallest absolute Gasteiger partial charge is 0.0149 e. The molecule has 0 aliphatic carbocycles. The average Bonchev–Trinajstić information content (AvgIpc) is 2.19. The van der Waals surface area contributed by atoms with Crippen LogP contribution in [0.1, 0.15) is 39.2 Å². The minimum Gasteiger partial charge on any atom is -0.325 e. The van der Waals surface area contributed by atoms with Gasteiger partial charge in [-0.3, -0.25) is 0 Å². The predicted octanol–water partition coefficient (Wildman–Crippen LogP) is 3.38. The van der Waals surface area contributed by atoms with E-state index in [2.05, 4.69) is 51.1 Å². The molecule has 1 atom stereocenters. The molecule has 1 aromatic carbocycles. The molecule has 0 amide bonds. The molecule has 2 N–H and O–H groups in total. The van der Waals surface area contributed by atoms with Gasteiger partial charge < -0.3 is 5.73 Å². The summed E-state index contributed by atoms with van der Waals surface area (Å²) in [7, 11) is 0.